The smallest absolute Gasteiger partial charge is 0.153 e. The molecule has 5 nitrogen and oxygen atoms in total. The molecule has 128 valence electrons. The van der Waals surface area contributed by atoms with Crippen molar-refractivity contribution in [1.29, 1.82) is 0 Å². The monoisotopic (exact) mass is 337 g/mol. The Kier molecular flexibility index (Phi) is 5.34. The quantitative estimate of drug-likeness (QED) is 0.737. The molecule has 2 saturated heterocycles. The van der Waals surface area contributed by atoms with E-state index in [1.165, 1.54) is 19.3 Å². The van der Waals surface area contributed by atoms with Crippen molar-refractivity contribution in [2.24, 2.45) is 0 Å². The second-order valence-corrected chi connectivity index (χ2v) is 8.94. The maximum atomic E-state index is 12.2. The van der Waals surface area contributed by atoms with Crippen LogP contribution in [0, 0.1) is 0 Å². The summed E-state index contributed by atoms with van der Waals surface area (Å²) in [7, 11) is -2.92. The molecule has 6 heteroatoms. The zero-order chi connectivity index (χ0) is 16.3. The van der Waals surface area contributed by atoms with Crippen molar-refractivity contribution in [3.63, 3.8) is 0 Å². The van der Waals surface area contributed by atoms with Crippen LogP contribution in [0.5, 0.6) is 0 Å². The van der Waals surface area contributed by atoms with E-state index >= 15 is 0 Å². The molecule has 0 aromatic carbocycles. The molecule has 0 aliphatic carbocycles. The highest BCUT2D eigenvalue weighted by Gasteiger charge is 2.46. The highest BCUT2D eigenvalue weighted by molar-refractivity contribution is 7.91. The topological polar surface area (TPSA) is 53.5 Å². The Balaban J connectivity index is 1.70. The van der Waals surface area contributed by atoms with E-state index in [0.29, 0.717) is 11.5 Å². The Morgan fingerprint density at radius 1 is 1.17 bits per heavy atom. The third kappa shape index (κ3) is 4.11. The third-order valence-electron chi connectivity index (χ3n) is 5.06. The molecule has 0 N–H and O–H groups in total. The molecule has 2 aliphatic heterocycles. The molecule has 1 aromatic rings. The molecule has 0 amide bonds. The summed E-state index contributed by atoms with van der Waals surface area (Å²) in [6.45, 7) is 5.95. The summed E-state index contributed by atoms with van der Waals surface area (Å²) in [6.07, 6.45) is 7.25. The molecule has 2 aliphatic rings. The number of hydrogen-bond acceptors (Lipinski definition) is 5. The van der Waals surface area contributed by atoms with Gasteiger partial charge in [0.1, 0.15) is 0 Å². The van der Waals surface area contributed by atoms with Crippen LogP contribution in [0.3, 0.4) is 0 Å². The van der Waals surface area contributed by atoms with Gasteiger partial charge < -0.3 is 0 Å². The largest absolute Gasteiger partial charge is 0.297 e. The summed E-state index contributed by atoms with van der Waals surface area (Å²) < 4.78 is 24.4. The number of piperazine rings is 1. The van der Waals surface area contributed by atoms with E-state index in [-0.39, 0.29) is 12.1 Å². The van der Waals surface area contributed by atoms with Gasteiger partial charge in [0, 0.05) is 44.1 Å². The van der Waals surface area contributed by atoms with Crippen LogP contribution in [0.2, 0.25) is 0 Å². The summed E-state index contributed by atoms with van der Waals surface area (Å²) in [5.74, 6) is 0.634. The first-order valence-electron chi connectivity index (χ1n) is 8.66. The lowest BCUT2D eigenvalue weighted by Gasteiger charge is -2.44. The number of pyridine rings is 1. The molecule has 0 spiro atoms. The molecule has 23 heavy (non-hydrogen) atoms. The highest BCUT2D eigenvalue weighted by Crippen LogP contribution is 2.28. The molecule has 2 fully saturated rings. The van der Waals surface area contributed by atoms with E-state index in [2.05, 4.69) is 27.8 Å². The van der Waals surface area contributed by atoms with E-state index in [1.807, 2.05) is 12.3 Å². The number of aromatic nitrogens is 1. The molecular weight excluding hydrogens is 310 g/mol. The van der Waals surface area contributed by atoms with Gasteiger partial charge in [0.05, 0.1) is 11.5 Å². The van der Waals surface area contributed by atoms with Gasteiger partial charge in [-0.25, -0.2) is 8.42 Å². The van der Waals surface area contributed by atoms with Gasteiger partial charge in [0.2, 0.25) is 0 Å². The van der Waals surface area contributed by atoms with Gasteiger partial charge in [-0.3, -0.25) is 14.8 Å². The first-order chi connectivity index (χ1) is 11.1. The predicted octanol–water partition coefficient (Wildman–Crippen LogP) is 1.56. The van der Waals surface area contributed by atoms with Gasteiger partial charge in [-0.2, -0.15) is 0 Å². The van der Waals surface area contributed by atoms with Crippen molar-refractivity contribution in [2.45, 2.75) is 44.8 Å². The van der Waals surface area contributed by atoms with Gasteiger partial charge in [-0.05, 0) is 24.6 Å². The SMILES string of the molecule is CCCCCN1CCN(Cc2cccnc2)C2CS(=O)(=O)CC21. The second-order valence-electron chi connectivity index (χ2n) is 6.79. The van der Waals surface area contributed by atoms with Crippen LogP contribution in [-0.2, 0) is 16.4 Å². The van der Waals surface area contributed by atoms with E-state index in [9.17, 15) is 8.42 Å². The number of sulfone groups is 1. The zero-order valence-corrected chi connectivity index (χ0v) is 14.7. The maximum Gasteiger partial charge on any atom is 0.153 e. The Morgan fingerprint density at radius 2 is 1.91 bits per heavy atom. The molecular formula is C17H27N3O2S. The average Bonchev–Trinajstić information content (AvgIpc) is 2.86. The van der Waals surface area contributed by atoms with Crippen molar-refractivity contribution >= 4 is 9.84 Å². The zero-order valence-electron chi connectivity index (χ0n) is 13.9. The Hall–Kier alpha value is -0.980. The van der Waals surface area contributed by atoms with Crippen LogP contribution >= 0.6 is 0 Å². The minimum atomic E-state index is -2.92. The number of rotatable bonds is 6. The van der Waals surface area contributed by atoms with Gasteiger partial charge in [0.25, 0.3) is 0 Å². The lowest BCUT2D eigenvalue weighted by Crippen LogP contribution is -2.58. The van der Waals surface area contributed by atoms with Crippen LogP contribution in [0.15, 0.2) is 24.5 Å². The van der Waals surface area contributed by atoms with Crippen LogP contribution < -0.4 is 0 Å². The number of nitrogens with zero attached hydrogens (tertiary/aromatic N) is 3. The van der Waals surface area contributed by atoms with Crippen molar-refractivity contribution in [3.8, 4) is 0 Å². The summed E-state index contributed by atoms with van der Waals surface area (Å²) >= 11 is 0. The van der Waals surface area contributed by atoms with Crippen LogP contribution in [0.1, 0.15) is 31.7 Å². The Labute approximate surface area is 139 Å². The first kappa shape index (κ1) is 16.9. The molecule has 0 saturated carbocycles. The van der Waals surface area contributed by atoms with Gasteiger partial charge in [-0.15, -0.1) is 0 Å². The third-order valence-corrected chi connectivity index (χ3v) is 6.76. The number of hydrogen-bond donors (Lipinski definition) is 0. The molecule has 2 unspecified atom stereocenters. The summed E-state index contributed by atoms with van der Waals surface area (Å²) in [5, 5.41) is 0. The summed E-state index contributed by atoms with van der Waals surface area (Å²) in [4.78, 5) is 8.94. The maximum absolute atomic E-state index is 12.2. The average molecular weight is 337 g/mol. The fraction of sp³-hybridized carbons (Fsp3) is 0.706. The molecule has 2 atom stereocenters. The molecule has 1 aromatic heterocycles. The highest BCUT2D eigenvalue weighted by atomic mass is 32.2. The summed E-state index contributed by atoms with van der Waals surface area (Å²) in [6, 6.07) is 4.32. The van der Waals surface area contributed by atoms with Crippen molar-refractivity contribution in [1.82, 2.24) is 14.8 Å². The van der Waals surface area contributed by atoms with Crippen LogP contribution in [0.25, 0.3) is 0 Å². The fourth-order valence-electron chi connectivity index (χ4n) is 3.86. The lowest BCUT2D eigenvalue weighted by atomic mass is 10.0. The number of unbranched alkanes of at least 4 members (excludes halogenated alkanes) is 2. The molecule has 0 radical (unpaired) electrons. The summed E-state index contributed by atoms with van der Waals surface area (Å²) in [5.41, 5.74) is 1.16. The van der Waals surface area contributed by atoms with E-state index < -0.39 is 9.84 Å². The molecule has 3 heterocycles. The Morgan fingerprint density at radius 3 is 2.61 bits per heavy atom. The minimum Gasteiger partial charge on any atom is -0.297 e. The molecule has 0 bridgehead atoms. The van der Waals surface area contributed by atoms with E-state index in [4.69, 9.17) is 0 Å². The van der Waals surface area contributed by atoms with Crippen molar-refractivity contribution in [3.05, 3.63) is 30.1 Å². The van der Waals surface area contributed by atoms with Crippen LogP contribution in [-0.4, -0.2) is 66.4 Å². The van der Waals surface area contributed by atoms with E-state index in [0.717, 1.165) is 31.7 Å². The predicted molar refractivity (Wildman–Crippen MR) is 92.0 cm³/mol. The first-order valence-corrected chi connectivity index (χ1v) is 10.5. The minimum absolute atomic E-state index is 0.135. The van der Waals surface area contributed by atoms with Gasteiger partial charge >= 0.3 is 0 Å². The van der Waals surface area contributed by atoms with Crippen molar-refractivity contribution in [2.75, 3.05) is 31.1 Å². The normalized spacial score (nSPS) is 27.9. The standard InChI is InChI=1S/C17H27N3O2S/c1-2-3-4-8-19-9-10-20(12-15-6-5-7-18-11-15)17-14-23(21,22)13-16(17)19/h5-7,11,16-17H,2-4,8-10,12-14H2,1H3. The van der Waals surface area contributed by atoms with Gasteiger partial charge in [0.15, 0.2) is 9.84 Å². The van der Waals surface area contributed by atoms with E-state index in [1.54, 1.807) is 6.20 Å². The second kappa shape index (κ2) is 7.28. The fourth-order valence-corrected chi connectivity index (χ4v) is 5.90. The Bertz CT molecular complexity index is 606. The van der Waals surface area contributed by atoms with Crippen LogP contribution in [0.4, 0.5) is 0 Å². The lowest BCUT2D eigenvalue weighted by molar-refractivity contribution is 0.0394. The van der Waals surface area contributed by atoms with Crippen molar-refractivity contribution < 1.29 is 8.42 Å². The number of fused-ring (bicyclic) bond motifs is 1. The van der Waals surface area contributed by atoms with Gasteiger partial charge in [-0.1, -0.05) is 25.8 Å². The molecule has 3 rings (SSSR count).